The number of hydrogen-bond acceptors (Lipinski definition) is 3. The molecule has 0 spiro atoms. The fourth-order valence-corrected chi connectivity index (χ4v) is 0.887. The molecule has 72 valence electrons. The molecule has 1 aromatic carbocycles. The van der Waals surface area contributed by atoms with Gasteiger partial charge in [-0.3, -0.25) is 4.79 Å². The molecule has 0 saturated carbocycles. The van der Waals surface area contributed by atoms with Gasteiger partial charge in [0.25, 0.3) is 0 Å². The van der Waals surface area contributed by atoms with Gasteiger partial charge >= 0.3 is 49.7 Å². The number of ether oxygens (including phenoxy) is 1. The van der Waals surface area contributed by atoms with E-state index in [0.717, 1.165) is 0 Å². The van der Waals surface area contributed by atoms with E-state index in [9.17, 15) is 9.59 Å². The van der Waals surface area contributed by atoms with Crippen molar-refractivity contribution in [2.45, 2.75) is 6.92 Å². The van der Waals surface area contributed by atoms with Crippen LogP contribution < -0.4 is 4.74 Å². The van der Waals surface area contributed by atoms with E-state index in [-0.39, 0.29) is 51.9 Å². The second kappa shape index (κ2) is 6.01. The Kier molecular flexibility index (Phi) is 5.76. The Hall–Kier alpha value is -0.580. The molecular formula is C9H10CaO4. The summed E-state index contributed by atoms with van der Waals surface area (Å²) in [4.78, 5) is 21.2. The van der Waals surface area contributed by atoms with Gasteiger partial charge in [0.05, 0.1) is 0 Å². The summed E-state index contributed by atoms with van der Waals surface area (Å²) in [6.45, 7) is 1.22. The normalized spacial score (nSPS) is 8.64. The predicted molar refractivity (Wildman–Crippen MR) is 52.7 cm³/mol. The van der Waals surface area contributed by atoms with Crippen LogP contribution in [0.1, 0.15) is 20.1 Å². The Morgan fingerprint density at radius 1 is 1.36 bits per heavy atom. The zero-order valence-corrected chi connectivity index (χ0v) is 9.90. The smallest absolute Gasteiger partial charge is 1.00 e. The van der Waals surface area contributed by atoms with E-state index in [0.29, 0.717) is 0 Å². The molecule has 1 N–H and O–H groups in total. The molecular weight excluding hydrogens is 212 g/mol. The molecule has 0 fully saturated rings. The zero-order chi connectivity index (χ0) is 9.84. The van der Waals surface area contributed by atoms with Gasteiger partial charge < -0.3 is 12.7 Å². The van der Waals surface area contributed by atoms with E-state index < -0.39 is 11.9 Å². The van der Waals surface area contributed by atoms with Crippen molar-refractivity contribution < 1.29 is 22.3 Å². The maximum Gasteiger partial charge on any atom is 2.00 e. The van der Waals surface area contributed by atoms with Crippen LogP contribution >= 0.6 is 0 Å². The van der Waals surface area contributed by atoms with Crippen molar-refractivity contribution in [1.82, 2.24) is 0 Å². The van der Waals surface area contributed by atoms with Gasteiger partial charge in [0, 0.05) is 6.92 Å². The standard InChI is InChI=1S/C9H8O4.Ca.2H/c1-6(10)13-8-5-3-2-4-7(8)9(11)12;;;/h2-5H,1H3,(H,11,12);;;/q;+2;2*-1. The third-order valence-corrected chi connectivity index (χ3v) is 1.37. The number of benzene rings is 1. The molecule has 0 aliphatic heterocycles. The Morgan fingerprint density at radius 3 is 2.43 bits per heavy atom. The summed E-state index contributed by atoms with van der Waals surface area (Å²) >= 11 is 0. The minimum atomic E-state index is -1.11. The number of rotatable bonds is 2. The number of carbonyl (C=O) groups is 2. The van der Waals surface area contributed by atoms with E-state index in [1.54, 1.807) is 12.1 Å². The SMILES string of the molecule is CC(=O)Oc1ccccc1C(=O)O.[Ca+2].[H-].[H-]. The molecule has 4 nitrogen and oxygen atoms in total. The van der Waals surface area contributed by atoms with Gasteiger partial charge in [0.15, 0.2) is 0 Å². The largest absolute Gasteiger partial charge is 2.00 e. The molecule has 0 heterocycles. The van der Waals surface area contributed by atoms with Crippen molar-refractivity contribution >= 4 is 49.7 Å². The second-order valence-electron chi connectivity index (χ2n) is 2.39. The minimum absolute atomic E-state index is 0. The number of carboxylic acids is 1. The fourth-order valence-electron chi connectivity index (χ4n) is 0.887. The van der Waals surface area contributed by atoms with Gasteiger partial charge in [-0.1, -0.05) is 12.1 Å². The summed E-state index contributed by atoms with van der Waals surface area (Å²) < 4.78 is 4.69. The van der Waals surface area contributed by atoms with Crippen LogP contribution in [0, 0.1) is 0 Å². The van der Waals surface area contributed by atoms with E-state index in [2.05, 4.69) is 4.74 Å². The first-order valence-corrected chi connectivity index (χ1v) is 3.62. The fraction of sp³-hybridized carbons (Fsp3) is 0.111. The third kappa shape index (κ3) is 3.65. The van der Waals surface area contributed by atoms with E-state index in [1.165, 1.54) is 19.1 Å². The second-order valence-corrected chi connectivity index (χ2v) is 2.39. The van der Waals surface area contributed by atoms with Gasteiger partial charge in [-0.2, -0.15) is 0 Å². The number of esters is 1. The summed E-state index contributed by atoms with van der Waals surface area (Å²) in [6.07, 6.45) is 0. The van der Waals surface area contributed by atoms with E-state index in [4.69, 9.17) is 5.11 Å². The third-order valence-electron chi connectivity index (χ3n) is 1.37. The van der Waals surface area contributed by atoms with E-state index in [1.807, 2.05) is 0 Å². The molecule has 0 aliphatic rings. The summed E-state index contributed by atoms with van der Waals surface area (Å²) in [5, 5.41) is 8.69. The number of aromatic carboxylic acids is 1. The van der Waals surface area contributed by atoms with Gasteiger partial charge in [0.1, 0.15) is 11.3 Å². The molecule has 5 heteroatoms. The molecule has 0 aromatic heterocycles. The molecule has 1 aromatic rings. The molecule has 0 bridgehead atoms. The van der Waals surface area contributed by atoms with Crippen molar-refractivity contribution in [2.24, 2.45) is 0 Å². The summed E-state index contributed by atoms with van der Waals surface area (Å²) in [5.41, 5.74) is -0.0160. The molecule has 0 atom stereocenters. The molecule has 1 rings (SSSR count). The van der Waals surface area contributed by atoms with Gasteiger partial charge in [-0.05, 0) is 12.1 Å². The quantitative estimate of drug-likeness (QED) is 0.463. The number of carbonyl (C=O) groups excluding carboxylic acids is 1. The molecule has 0 unspecified atom stereocenters. The first kappa shape index (κ1) is 13.4. The van der Waals surface area contributed by atoms with Crippen LogP contribution in [0.3, 0.4) is 0 Å². The van der Waals surface area contributed by atoms with Crippen molar-refractivity contribution in [3.05, 3.63) is 29.8 Å². The summed E-state index contributed by atoms with van der Waals surface area (Å²) in [7, 11) is 0. The Bertz CT molecular complexity index is 357. The number of para-hydroxylation sites is 1. The number of hydrogen-bond donors (Lipinski definition) is 1. The van der Waals surface area contributed by atoms with Crippen LogP contribution in [0.5, 0.6) is 5.75 Å². The van der Waals surface area contributed by atoms with Crippen LogP contribution in [0.15, 0.2) is 24.3 Å². The first-order valence-electron chi connectivity index (χ1n) is 3.62. The zero-order valence-electron chi connectivity index (χ0n) is 9.69. The van der Waals surface area contributed by atoms with Crippen LogP contribution in [0.2, 0.25) is 0 Å². The van der Waals surface area contributed by atoms with Gasteiger partial charge in [-0.25, -0.2) is 4.79 Å². The summed E-state index contributed by atoms with van der Waals surface area (Å²) in [6, 6.07) is 5.98. The minimum Gasteiger partial charge on any atom is -1.00 e. The Morgan fingerprint density at radius 2 is 1.93 bits per heavy atom. The van der Waals surface area contributed by atoms with E-state index >= 15 is 0 Å². The van der Waals surface area contributed by atoms with Crippen LogP contribution in [-0.2, 0) is 4.79 Å². The predicted octanol–water partition coefficient (Wildman–Crippen LogP) is 1.15. The van der Waals surface area contributed by atoms with Crippen LogP contribution in [-0.4, -0.2) is 54.8 Å². The van der Waals surface area contributed by atoms with Crippen molar-refractivity contribution in [1.29, 1.82) is 0 Å². The van der Waals surface area contributed by atoms with Crippen LogP contribution in [0.4, 0.5) is 0 Å². The monoisotopic (exact) mass is 222 g/mol. The van der Waals surface area contributed by atoms with Crippen LogP contribution in [0.25, 0.3) is 0 Å². The maximum atomic E-state index is 10.6. The Labute approximate surface area is 114 Å². The van der Waals surface area contributed by atoms with Gasteiger partial charge in [0.2, 0.25) is 0 Å². The molecule has 0 saturated heterocycles. The Balaban J connectivity index is -0.000000563. The van der Waals surface area contributed by atoms with Gasteiger partial charge in [-0.15, -0.1) is 0 Å². The molecule has 14 heavy (non-hydrogen) atoms. The average molecular weight is 222 g/mol. The van der Waals surface area contributed by atoms with Crippen molar-refractivity contribution in [2.75, 3.05) is 0 Å². The maximum absolute atomic E-state index is 10.6. The van der Waals surface area contributed by atoms with Crippen molar-refractivity contribution in [3.63, 3.8) is 0 Å². The summed E-state index contributed by atoms with van der Waals surface area (Å²) in [5.74, 6) is -1.58. The van der Waals surface area contributed by atoms with Crippen molar-refractivity contribution in [3.8, 4) is 5.75 Å². The molecule has 0 aliphatic carbocycles. The number of carboxylic acid groups (broad SMARTS) is 1. The average Bonchev–Trinajstić information content (AvgIpc) is 2.03. The topological polar surface area (TPSA) is 63.6 Å². The molecule has 0 amide bonds. The first-order chi connectivity index (χ1) is 6.11. The molecule has 0 radical (unpaired) electrons.